The number of hydrogen-bond donors (Lipinski definition) is 0. The average Bonchev–Trinajstić information content (AvgIpc) is 2.87. The van der Waals surface area contributed by atoms with Crippen LogP contribution < -0.4 is 4.90 Å². The lowest BCUT2D eigenvalue weighted by atomic mass is 10.0. The van der Waals surface area contributed by atoms with Crippen LogP contribution in [0.3, 0.4) is 0 Å². The molecule has 0 aromatic heterocycles. The van der Waals surface area contributed by atoms with E-state index in [9.17, 15) is 18.8 Å². The molecule has 0 N–H and O–H groups in total. The van der Waals surface area contributed by atoms with Crippen LogP contribution in [0.25, 0.3) is 0 Å². The van der Waals surface area contributed by atoms with E-state index in [1.54, 1.807) is 4.90 Å². The van der Waals surface area contributed by atoms with E-state index in [0.717, 1.165) is 35.1 Å². The molecule has 126 valence electrons. The number of para-hydroxylation sites is 1. The number of anilines is 1. The first-order valence-electron chi connectivity index (χ1n) is 8.11. The van der Waals surface area contributed by atoms with Gasteiger partial charge in [-0.05, 0) is 36.6 Å². The van der Waals surface area contributed by atoms with Gasteiger partial charge < -0.3 is 4.90 Å². The summed E-state index contributed by atoms with van der Waals surface area (Å²) >= 11 is 0. The number of amides is 3. The molecule has 2 aliphatic heterocycles. The molecule has 0 bridgehead atoms. The van der Waals surface area contributed by atoms with Gasteiger partial charge in [-0.1, -0.05) is 24.3 Å². The summed E-state index contributed by atoms with van der Waals surface area (Å²) in [5, 5.41) is 0. The van der Waals surface area contributed by atoms with Crippen LogP contribution in [0.15, 0.2) is 42.5 Å². The molecule has 0 saturated heterocycles. The predicted octanol–water partition coefficient (Wildman–Crippen LogP) is 2.40. The van der Waals surface area contributed by atoms with Crippen LogP contribution in [0.5, 0.6) is 0 Å². The van der Waals surface area contributed by atoms with Crippen molar-refractivity contribution in [1.29, 1.82) is 0 Å². The summed E-state index contributed by atoms with van der Waals surface area (Å²) in [7, 11) is 0. The first-order valence-corrected chi connectivity index (χ1v) is 8.11. The van der Waals surface area contributed by atoms with E-state index in [2.05, 4.69) is 0 Å². The van der Waals surface area contributed by atoms with Gasteiger partial charge in [0.25, 0.3) is 11.8 Å². The van der Waals surface area contributed by atoms with E-state index < -0.39 is 17.6 Å². The summed E-state index contributed by atoms with van der Waals surface area (Å²) in [5.74, 6) is -2.47. The molecule has 2 heterocycles. The Morgan fingerprint density at radius 3 is 2.64 bits per heavy atom. The summed E-state index contributed by atoms with van der Waals surface area (Å²) < 4.78 is 13.9. The number of fused-ring (bicyclic) bond motifs is 2. The van der Waals surface area contributed by atoms with Crippen LogP contribution in [0.4, 0.5) is 10.1 Å². The smallest absolute Gasteiger partial charge is 0.265 e. The van der Waals surface area contributed by atoms with Crippen LogP contribution in [0.2, 0.25) is 0 Å². The lowest BCUT2D eigenvalue weighted by Crippen LogP contribution is -2.44. The molecule has 0 radical (unpaired) electrons. The number of imide groups is 1. The van der Waals surface area contributed by atoms with Crippen molar-refractivity contribution in [3.8, 4) is 0 Å². The summed E-state index contributed by atoms with van der Waals surface area (Å²) in [6.07, 6.45) is 1.71. The highest BCUT2D eigenvalue weighted by molar-refractivity contribution is 6.23. The monoisotopic (exact) mass is 338 g/mol. The maximum Gasteiger partial charge on any atom is 0.265 e. The second-order valence-electron chi connectivity index (χ2n) is 6.14. The number of benzene rings is 2. The van der Waals surface area contributed by atoms with E-state index in [1.807, 2.05) is 24.3 Å². The van der Waals surface area contributed by atoms with Crippen molar-refractivity contribution in [2.75, 3.05) is 18.0 Å². The summed E-state index contributed by atoms with van der Waals surface area (Å²) in [4.78, 5) is 39.9. The number of carbonyl (C=O) groups is 3. The average molecular weight is 338 g/mol. The summed E-state index contributed by atoms with van der Waals surface area (Å²) in [6.45, 7) is 0.146. The number of carbonyl (C=O) groups excluding carboxylic acids is 3. The Bertz CT molecular complexity index is 909. The Morgan fingerprint density at radius 1 is 1.04 bits per heavy atom. The zero-order chi connectivity index (χ0) is 17.6. The van der Waals surface area contributed by atoms with Crippen molar-refractivity contribution in [3.05, 3.63) is 65.0 Å². The number of halogens is 1. The second kappa shape index (κ2) is 5.81. The second-order valence-corrected chi connectivity index (χ2v) is 6.14. The molecule has 0 saturated carbocycles. The fraction of sp³-hybridized carbons (Fsp3) is 0.211. The highest BCUT2D eigenvalue weighted by atomic mass is 19.1. The highest BCUT2D eigenvalue weighted by Crippen LogP contribution is 2.28. The van der Waals surface area contributed by atoms with Gasteiger partial charge >= 0.3 is 0 Å². The highest BCUT2D eigenvalue weighted by Gasteiger charge is 2.39. The Balaban J connectivity index is 1.60. The van der Waals surface area contributed by atoms with Gasteiger partial charge in [0.2, 0.25) is 5.91 Å². The van der Waals surface area contributed by atoms with Gasteiger partial charge in [-0.3, -0.25) is 19.3 Å². The van der Waals surface area contributed by atoms with E-state index in [-0.39, 0.29) is 23.6 Å². The maximum absolute atomic E-state index is 13.9. The van der Waals surface area contributed by atoms with Gasteiger partial charge in [0.15, 0.2) is 0 Å². The van der Waals surface area contributed by atoms with Crippen LogP contribution in [0, 0.1) is 5.82 Å². The molecular weight excluding hydrogens is 323 g/mol. The third kappa shape index (κ3) is 2.41. The van der Waals surface area contributed by atoms with Gasteiger partial charge in [0, 0.05) is 12.2 Å². The molecule has 25 heavy (non-hydrogen) atoms. The lowest BCUT2D eigenvalue weighted by molar-refractivity contribution is -0.119. The number of rotatable bonds is 2. The van der Waals surface area contributed by atoms with Gasteiger partial charge in [-0.15, -0.1) is 0 Å². The molecule has 0 fully saturated rings. The number of hydrogen-bond acceptors (Lipinski definition) is 3. The van der Waals surface area contributed by atoms with Crippen LogP contribution >= 0.6 is 0 Å². The molecule has 4 rings (SSSR count). The molecule has 3 amide bonds. The molecule has 0 unspecified atom stereocenters. The Labute approximate surface area is 143 Å². The zero-order valence-corrected chi connectivity index (χ0v) is 13.4. The van der Waals surface area contributed by atoms with Crippen molar-refractivity contribution in [3.63, 3.8) is 0 Å². The predicted molar refractivity (Wildman–Crippen MR) is 88.9 cm³/mol. The van der Waals surface area contributed by atoms with Gasteiger partial charge in [0.1, 0.15) is 12.4 Å². The molecule has 0 aliphatic carbocycles. The standard InChI is InChI=1S/C19H15FN2O3/c20-14-8-3-7-13-17(14)19(25)22(18(13)24)11-16(23)21-10-4-6-12-5-1-2-9-15(12)21/h1-3,5,7-9H,4,6,10-11H2. The molecule has 0 atom stereocenters. The van der Waals surface area contributed by atoms with Crippen molar-refractivity contribution < 1.29 is 18.8 Å². The molecule has 2 aromatic rings. The van der Waals surface area contributed by atoms with Gasteiger partial charge in [-0.25, -0.2) is 4.39 Å². The zero-order valence-electron chi connectivity index (χ0n) is 13.4. The fourth-order valence-electron chi connectivity index (χ4n) is 3.45. The van der Waals surface area contributed by atoms with E-state index in [4.69, 9.17) is 0 Å². The summed E-state index contributed by atoms with van der Waals surface area (Å²) in [6, 6.07) is 11.5. The molecule has 0 spiro atoms. The van der Waals surface area contributed by atoms with Gasteiger partial charge in [-0.2, -0.15) is 0 Å². The fourth-order valence-corrected chi connectivity index (χ4v) is 3.45. The molecular formula is C19H15FN2O3. The Kier molecular flexibility index (Phi) is 3.60. The minimum Gasteiger partial charge on any atom is -0.311 e. The Morgan fingerprint density at radius 2 is 1.84 bits per heavy atom. The minimum atomic E-state index is -0.753. The van der Waals surface area contributed by atoms with Crippen molar-refractivity contribution in [2.24, 2.45) is 0 Å². The maximum atomic E-state index is 13.9. The van der Waals surface area contributed by atoms with E-state index in [0.29, 0.717) is 6.54 Å². The first kappa shape index (κ1) is 15.5. The van der Waals surface area contributed by atoms with Crippen molar-refractivity contribution in [2.45, 2.75) is 12.8 Å². The van der Waals surface area contributed by atoms with E-state index >= 15 is 0 Å². The molecule has 2 aliphatic rings. The van der Waals surface area contributed by atoms with E-state index in [1.165, 1.54) is 12.1 Å². The quantitative estimate of drug-likeness (QED) is 0.790. The first-order chi connectivity index (χ1) is 12.1. The molecule has 5 nitrogen and oxygen atoms in total. The van der Waals surface area contributed by atoms with Crippen LogP contribution in [-0.2, 0) is 11.2 Å². The number of aryl methyl sites for hydroxylation is 1. The minimum absolute atomic E-state index is 0.0110. The van der Waals surface area contributed by atoms with Crippen LogP contribution in [-0.4, -0.2) is 35.7 Å². The molecule has 2 aromatic carbocycles. The van der Waals surface area contributed by atoms with Crippen LogP contribution in [0.1, 0.15) is 32.7 Å². The third-order valence-corrected chi connectivity index (χ3v) is 4.65. The topological polar surface area (TPSA) is 57.7 Å². The van der Waals surface area contributed by atoms with Crippen molar-refractivity contribution in [1.82, 2.24) is 4.90 Å². The SMILES string of the molecule is O=C1c2cccc(F)c2C(=O)N1CC(=O)N1CCCc2ccccc21. The number of nitrogens with zero attached hydrogens (tertiary/aromatic N) is 2. The summed E-state index contributed by atoms with van der Waals surface area (Å²) in [5.41, 5.74) is 1.63. The van der Waals surface area contributed by atoms with Gasteiger partial charge in [0.05, 0.1) is 11.1 Å². The largest absolute Gasteiger partial charge is 0.311 e. The Hall–Kier alpha value is -3.02. The normalized spacial score (nSPS) is 16.0. The third-order valence-electron chi connectivity index (χ3n) is 4.65. The lowest BCUT2D eigenvalue weighted by Gasteiger charge is -2.30. The van der Waals surface area contributed by atoms with Crippen molar-refractivity contribution >= 4 is 23.4 Å². The molecule has 6 heteroatoms.